The lowest BCUT2D eigenvalue weighted by Crippen LogP contribution is -2.37. The molecule has 0 unspecified atom stereocenters. The lowest BCUT2D eigenvalue weighted by atomic mass is 10.2. The summed E-state index contributed by atoms with van der Waals surface area (Å²) < 4.78 is 26.6. The molecular formula is C13H22N2O2S. The summed E-state index contributed by atoms with van der Waals surface area (Å²) in [6, 6.07) is 4.98. The monoisotopic (exact) mass is 270 g/mol. The van der Waals surface area contributed by atoms with E-state index in [1.807, 2.05) is 27.7 Å². The Morgan fingerprint density at radius 3 is 2.39 bits per heavy atom. The summed E-state index contributed by atoms with van der Waals surface area (Å²) in [7, 11) is -3.50. The molecule has 2 N–H and O–H groups in total. The second kappa shape index (κ2) is 5.71. The highest BCUT2D eigenvalue weighted by Gasteiger charge is 2.27. The summed E-state index contributed by atoms with van der Waals surface area (Å²) in [5.74, 6) is 0. The van der Waals surface area contributed by atoms with Crippen LogP contribution >= 0.6 is 0 Å². The van der Waals surface area contributed by atoms with Gasteiger partial charge in [0.05, 0.1) is 5.69 Å². The van der Waals surface area contributed by atoms with Crippen molar-refractivity contribution in [3.8, 4) is 0 Å². The summed E-state index contributed by atoms with van der Waals surface area (Å²) in [4.78, 5) is 0.204. The van der Waals surface area contributed by atoms with Crippen LogP contribution in [0.2, 0.25) is 0 Å². The molecule has 102 valence electrons. The highest BCUT2D eigenvalue weighted by atomic mass is 32.2. The van der Waals surface area contributed by atoms with Gasteiger partial charge in [0.25, 0.3) is 0 Å². The van der Waals surface area contributed by atoms with Crippen LogP contribution in [0.5, 0.6) is 0 Å². The highest BCUT2D eigenvalue weighted by Crippen LogP contribution is 2.24. The molecule has 0 aliphatic carbocycles. The van der Waals surface area contributed by atoms with E-state index in [2.05, 4.69) is 0 Å². The quantitative estimate of drug-likeness (QED) is 0.836. The number of nitrogens with two attached hydrogens (primary N) is 1. The maximum atomic E-state index is 12.5. The van der Waals surface area contributed by atoms with Crippen LogP contribution in [-0.2, 0) is 10.0 Å². The molecule has 0 saturated carbocycles. The van der Waals surface area contributed by atoms with Crippen molar-refractivity contribution in [1.29, 1.82) is 0 Å². The van der Waals surface area contributed by atoms with Gasteiger partial charge in [0.15, 0.2) is 0 Å². The van der Waals surface area contributed by atoms with Gasteiger partial charge in [-0.25, -0.2) is 8.42 Å². The number of sulfonamides is 1. The van der Waals surface area contributed by atoms with E-state index in [1.54, 1.807) is 18.2 Å². The number of benzene rings is 1. The second-order valence-electron chi connectivity index (χ2n) is 4.75. The molecule has 1 rings (SSSR count). The molecule has 0 aliphatic rings. The first-order chi connectivity index (χ1) is 8.30. The summed E-state index contributed by atoms with van der Waals surface area (Å²) in [5.41, 5.74) is 7.11. The molecule has 0 aromatic heterocycles. The Bertz CT molecular complexity index is 510. The molecule has 0 radical (unpaired) electrons. The van der Waals surface area contributed by atoms with E-state index in [-0.39, 0.29) is 10.9 Å². The summed E-state index contributed by atoms with van der Waals surface area (Å²) in [6.45, 7) is 8.10. The Hall–Kier alpha value is -1.07. The molecule has 5 heteroatoms. The number of aryl methyl sites for hydroxylation is 1. The molecule has 0 atom stereocenters. The normalized spacial score (nSPS) is 12.3. The molecular weight excluding hydrogens is 248 g/mol. The number of nitrogens with zero attached hydrogens (tertiary/aromatic N) is 1. The van der Waals surface area contributed by atoms with Gasteiger partial charge in [0.2, 0.25) is 10.0 Å². The highest BCUT2D eigenvalue weighted by molar-refractivity contribution is 7.89. The Balaban J connectivity index is 3.26. The van der Waals surface area contributed by atoms with E-state index in [0.29, 0.717) is 12.2 Å². The molecule has 0 bridgehead atoms. The summed E-state index contributed by atoms with van der Waals surface area (Å²) in [6.07, 6.45) is 0.781. The molecule has 0 fully saturated rings. The Kier molecular flexibility index (Phi) is 4.76. The van der Waals surface area contributed by atoms with Crippen LogP contribution in [-0.4, -0.2) is 25.3 Å². The van der Waals surface area contributed by atoms with Gasteiger partial charge in [-0.1, -0.05) is 13.0 Å². The zero-order chi connectivity index (χ0) is 13.9. The van der Waals surface area contributed by atoms with Crippen molar-refractivity contribution in [3.05, 3.63) is 23.8 Å². The fourth-order valence-corrected chi connectivity index (χ4v) is 3.73. The standard InChI is InChI=1S/C13H22N2O2S/c1-5-8-15(10(2)3)18(16,17)13-7-6-11(4)9-12(13)14/h6-7,9-10H,5,8,14H2,1-4H3. The van der Waals surface area contributed by atoms with Crippen LogP contribution in [0.25, 0.3) is 0 Å². The first-order valence-electron chi connectivity index (χ1n) is 6.18. The minimum absolute atomic E-state index is 0.0735. The molecule has 0 saturated heterocycles. The van der Waals surface area contributed by atoms with Gasteiger partial charge in [0, 0.05) is 12.6 Å². The van der Waals surface area contributed by atoms with E-state index < -0.39 is 10.0 Å². The van der Waals surface area contributed by atoms with E-state index >= 15 is 0 Å². The van der Waals surface area contributed by atoms with Crippen LogP contribution in [0.15, 0.2) is 23.1 Å². The fraction of sp³-hybridized carbons (Fsp3) is 0.538. The van der Waals surface area contributed by atoms with Crippen molar-refractivity contribution >= 4 is 15.7 Å². The lowest BCUT2D eigenvalue weighted by Gasteiger charge is -2.26. The van der Waals surface area contributed by atoms with Crippen LogP contribution < -0.4 is 5.73 Å². The number of anilines is 1. The average molecular weight is 270 g/mol. The van der Waals surface area contributed by atoms with Gasteiger partial charge in [-0.15, -0.1) is 0 Å². The average Bonchev–Trinajstić information content (AvgIpc) is 2.24. The van der Waals surface area contributed by atoms with Crippen molar-refractivity contribution in [2.45, 2.75) is 45.1 Å². The minimum atomic E-state index is -3.50. The molecule has 4 nitrogen and oxygen atoms in total. The SMILES string of the molecule is CCCN(C(C)C)S(=O)(=O)c1ccc(C)cc1N. The van der Waals surface area contributed by atoms with Gasteiger partial charge in [0.1, 0.15) is 4.90 Å². The number of rotatable bonds is 5. The Morgan fingerprint density at radius 1 is 1.33 bits per heavy atom. The number of hydrogen-bond acceptors (Lipinski definition) is 3. The van der Waals surface area contributed by atoms with Crippen molar-refractivity contribution in [1.82, 2.24) is 4.31 Å². The molecule has 18 heavy (non-hydrogen) atoms. The predicted octanol–water partition coefficient (Wildman–Crippen LogP) is 2.39. The van der Waals surface area contributed by atoms with Crippen molar-refractivity contribution in [2.75, 3.05) is 12.3 Å². The Labute approximate surface area is 110 Å². The first kappa shape index (κ1) is 15.0. The molecule has 0 aliphatic heterocycles. The topological polar surface area (TPSA) is 63.4 Å². The van der Waals surface area contributed by atoms with Gasteiger partial charge in [-0.2, -0.15) is 4.31 Å². The molecule has 0 amide bonds. The van der Waals surface area contributed by atoms with E-state index in [1.165, 1.54) is 4.31 Å². The van der Waals surface area contributed by atoms with Gasteiger partial charge in [-0.3, -0.25) is 0 Å². The third-order valence-electron chi connectivity index (χ3n) is 2.77. The summed E-state index contributed by atoms with van der Waals surface area (Å²) >= 11 is 0. The van der Waals surface area contributed by atoms with E-state index in [4.69, 9.17) is 5.73 Å². The van der Waals surface area contributed by atoms with Crippen LogP contribution in [0.1, 0.15) is 32.8 Å². The van der Waals surface area contributed by atoms with Crippen LogP contribution in [0.3, 0.4) is 0 Å². The van der Waals surface area contributed by atoms with E-state index in [9.17, 15) is 8.42 Å². The smallest absolute Gasteiger partial charge is 0.245 e. The van der Waals surface area contributed by atoms with E-state index in [0.717, 1.165) is 12.0 Å². The second-order valence-corrected chi connectivity index (χ2v) is 6.61. The van der Waals surface area contributed by atoms with Gasteiger partial charge < -0.3 is 5.73 Å². The Morgan fingerprint density at radius 2 is 1.94 bits per heavy atom. The number of nitrogen functional groups attached to an aromatic ring is 1. The molecule has 0 heterocycles. The van der Waals surface area contributed by atoms with Crippen molar-refractivity contribution in [3.63, 3.8) is 0 Å². The molecule has 1 aromatic rings. The third-order valence-corrected chi connectivity index (χ3v) is 4.92. The van der Waals surface area contributed by atoms with Crippen molar-refractivity contribution in [2.24, 2.45) is 0 Å². The summed E-state index contributed by atoms with van der Waals surface area (Å²) in [5, 5.41) is 0. The zero-order valence-corrected chi connectivity index (χ0v) is 12.3. The zero-order valence-electron chi connectivity index (χ0n) is 11.5. The first-order valence-corrected chi connectivity index (χ1v) is 7.62. The maximum absolute atomic E-state index is 12.5. The van der Waals surface area contributed by atoms with Crippen molar-refractivity contribution < 1.29 is 8.42 Å². The predicted molar refractivity (Wildman–Crippen MR) is 74.9 cm³/mol. The van der Waals surface area contributed by atoms with Gasteiger partial charge >= 0.3 is 0 Å². The molecule has 1 aromatic carbocycles. The van der Waals surface area contributed by atoms with Gasteiger partial charge in [-0.05, 0) is 44.9 Å². The minimum Gasteiger partial charge on any atom is -0.398 e. The number of hydrogen-bond donors (Lipinski definition) is 1. The fourth-order valence-electron chi connectivity index (χ4n) is 1.91. The largest absolute Gasteiger partial charge is 0.398 e. The van der Waals surface area contributed by atoms with Crippen LogP contribution in [0.4, 0.5) is 5.69 Å². The lowest BCUT2D eigenvalue weighted by molar-refractivity contribution is 0.354. The maximum Gasteiger partial charge on any atom is 0.245 e. The molecule has 0 spiro atoms. The van der Waals surface area contributed by atoms with Crippen LogP contribution in [0, 0.1) is 6.92 Å². The third kappa shape index (κ3) is 3.03.